The first-order valence-corrected chi connectivity index (χ1v) is 8.39. The Morgan fingerprint density at radius 3 is 2.76 bits per heavy atom. The minimum Gasteiger partial charge on any atom is -0.481 e. The van der Waals surface area contributed by atoms with E-state index in [9.17, 15) is 0 Å². The van der Waals surface area contributed by atoms with Crippen molar-refractivity contribution in [2.45, 2.75) is 26.7 Å². The van der Waals surface area contributed by atoms with Crippen molar-refractivity contribution in [1.29, 1.82) is 0 Å². The van der Waals surface area contributed by atoms with Crippen molar-refractivity contribution >= 4 is 0 Å². The summed E-state index contributed by atoms with van der Waals surface area (Å²) in [5, 5.41) is 12.2. The van der Waals surface area contributed by atoms with Crippen LogP contribution in [0.3, 0.4) is 0 Å². The molecule has 1 aliphatic heterocycles. The highest BCUT2D eigenvalue weighted by atomic mass is 16.5. The van der Waals surface area contributed by atoms with Gasteiger partial charge in [0.25, 0.3) is 0 Å². The van der Waals surface area contributed by atoms with E-state index in [0.717, 1.165) is 41.2 Å². The molecule has 0 fully saturated rings. The summed E-state index contributed by atoms with van der Waals surface area (Å²) in [4.78, 5) is 4.40. The third-order valence-corrected chi connectivity index (χ3v) is 4.48. The van der Waals surface area contributed by atoms with E-state index in [1.54, 1.807) is 13.3 Å². The van der Waals surface area contributed by atoms with Crippen molar-refractivity contribution in [1.82, 2.24) is 25.0 Å². The number of pyridine rings is 1. The molecule has 1 aliphatic rings. The quantitative estimate of drug-likeness (QED) is 0.793. The number of aryl methyl sites for hydroxylation is 2. The zero-order chi connectivity index (χ0) is 17.4. The zero-order valence-electron chi connectivity index (χ0n) is 14.7. The summed E-state index contributed by atoms with van der Waals surface area (Å²) in [5.74, 6) is 0.634. The number of hydrogen-bond acceptors (Lipinski definition) is 5. The van der Waals surface area contributed by atoms with Crippen LogP contribution >= 0.6 is 0 Å². The Balaban J connectivity index is 1.88. The van der Waals surface area contributed by atoms with Crippen LogP contribution in [0.25, 0.3) is 17.1 Å². The number of nitrogens with one attached hydrogen (secondary N) is 1. The summed E-state index contributed by atoms with van der Waals surface area (Å²) in [6, 6.07) is 4.07. The SMILES string of the molecule is COc1ncc(-n2nc(-c3cc(C)n[nH]3)c3c2CCOCC3)cc1C. The molecule has 0 bridgehead atoms. The van der Waals surface area contributed by atoms with Gasteiger partial charge in [-0.15, -0.1) is 0 Å². The third kappa shape index (κ3) is 2.80. The summed E-state index contributed by atoms with van der Waals surface area (Å²) in [6.45, 7) is 5.36. The van der Waals surface area contributed by atoms with Crippen LogP contribution in [0.2, 0.25) is 0 Å². The Morgan fingerprint density at radius 1 is 1.20 bits per heavy atom. The van der Waals surface area contributed by atoms with E-state index in [2.05, 4.69) is 15.2 Å². The van der Waals surface area contributed by atoms with Crippen LogP contribution in [0.15, 0.2) is 18.3 Å². The lowest BCUT2D eigenvalue weighted by Crippen LogP contribution is -2.06. The fraction of sp³-hybridized carbons (Fsp3) is 0.389. The maximum absolute atomic E-state index is 5.68. The molecule has 0 atom stereocenters. The van der Waals surface area contributed by atoms with Crippen molar-refractivity contribution in [3.8, 4) is 23.0 Å². The van der Waals surface area contributed by atoms with E-state index in [4.69, 9.17) is 14.6 Å². The Kier molecular flexibility index (Phi) is 4.01. The van der Waals surface area contributed by atoms with Crippen LogP contribution in [0, 0.1) is 13.8 Å². The third-order valence-electron chi connectivity index (χ3n) is 4.48. The van der Waals surface area contributed by atoms with Gasteiger partial charge in [-0.3, -0.25) is 5.10 Å². The van der Waals surface area contributed by atoms with Crippen molar-refractivity contribution in [3.05, 3.63) is 40.8 Å². The number of H-pyrrole nitrogens is 1. The first-order chi connectivity index (χ1) is 12.2. The number of methoxy groups -OCH3 is 1. The zero-order valence-corrected chi connectivity index (χ0v) is 14.7. The van der Waals surface area contributed by atoms with Crippen molar-refractivity contribution in [2.24, 2.45) is 0 Å². The Labute approximate surface area is 146 Å². The number of ether oxygens (including phenoxy) is 2. The predicted octanol–water partition coefficient (Wildman–Crippen LogP) is 2.40. The van der Waals surface area contributed by atoms with Crippen LogP contribution < -0.4 is 4.74 Å². The second kappa shape index (κ2) is 6.33. The maximum Gasteiger partial charge on any atom is 0.216 e. The summed E-state index contributed by atoms with van der Waals surface area (Å²) < 4.78 is 12.9. The molecule has 7 heteroatoms. The van der Waals surface area contributed by atoms with Crippen molar-refractivity contribution in [2.75, 3.05) is 20.3 Å². The lowest BCUT2D eigenvalue weighted by atomic mass is 10.1. The van der Waals surface area contributed by atoms with Gasteiger partial charge in [-0.25, -0.2) is 9.67 Å². The van der Waals surface area contributed by atoms with Crippen LogP contribution in [0.5, 0.6) is 5.88 Å². The molecule has 7 nitrogen and oxygen atoms in total. The number of rotatable bonds is 3. The highest BCUT2D eigenvalue weighted by Gasteiger charge is 2.23. The highest BCUT2D eigenvalue weighted by molar-refractivity contribution is 5.62. The standard InChI is InChI=1S/C18H21N5O2/c1-11-8-13(10-19-18(11)24-3)23-16-5-7-25-6-4-14(16)17(22-23)15-9-12(2)20-21-15/h8-10H,4-7H2,1-3H3,(H,20,21). The van der Waals surface area contributed by atoms with Gasteiger partial charge in [0.05, 0.1) is 49.3 Å². The lowest BCUT2D eigenvalue weighted by molar-refractivity contribution is 0.145. The second-order valence-electron chi connectivity index (χ2n) is 6.24. The summed E-state index contributed by atoms with van der Waals surface area (Å²) >= 11 is 0. The van der Waals surface area contributed by atoms with Crippen molar-refractivity contribution < 1.29 is 9.47 Å². The Hall–Kier alpha value is -2.67. The lowest BCUT2D eigenvalue weighted by Gasteiger charge is -2.09. The van der Waals surface area contributed by atoms with Gasteiger partial charge >= 0.3 is 0 Å². The Bertz CT molecular complexity index is 912. The van der Waals surface area contributed by atoms with E-state index in [0.29, 0.717) is 19.1 Å². The van der Waals surface area contributed by atoms with Crippen LogP contribution in [0.1, 0.15) is 22.5 Å². The Morgan fingerprint density at radius 2 is 2.04 bits per heavy atom. The molecule has 25 heavy (non-hydrogen) atoms. The number of fused-ring (bicyclic) bond motifs is 1. The minimum atomic E-state index is 0.634. The molecule has 4 heterocycles. The van der Waals surface area contributed by atoms with Crippen LogP contribution in [0.4, 0.5) is 0 Å². The topological polar surface area (TPSA) is 77.9 Å². The number of aromatic nitrogens is 5. The smallest absolute Gasteiger partial charge is 0.216 e. The van der Waals surface area contributed by atoms with E-state index >= 15 is 0 Å². The van der Waals surface area contributed by atoms with E-state index < -0.39 is 0 Å². The van der Waals surface area contributed by atoms with Gasteiger partial charge in [-0.2, -0.15) is 10.2 Å². The first kappa shape index (κ1) is 15.8. The van der Waals surface area contributed by atoms with Gasteiger partial charge in [0.2, 0.25) is 5.88 Å². The molecule has 0 unspecified atom stereocenters. The van der Waals surface area contributed by atoms with Gasteiger partial charge in [-0.05, 0) is 32.4 Å². The van der Waals surface area contributed by atoms with Gasteiger partial charge < -0.3 is 9.47 Å². The molecular weight excluding hydrogens is 318 g/mol. The van der Waals surface area contributed by atoms with Gasteiger partial charge in [0.15, 0.2) is 0 Å². The van der Waals surface area contributed by atoms with Gasteiger partial charge in [-0.1, -0.05) is 0 Å². The van der Waals surface area contributed by atoms with Gasteiger partial charge in [0, 0.05) is 17.5 Å². The molecular formula is C18H21N5O2. The van der Waals surface area contributed by atoms with E-state index in [-0.39, 0.29) is 0 Å². The molecule has 4 rings (SSSR count). The van der Waals surface area contributed by atoms with Gasteiger partial charge in [0.1, 0.15) is 5.69 Å². The molecule has 3 aromatic rings. The van der Waals surface area contributed by atoms with Crippen LogP contribution in [-0.2, 0) is 17.6 Å². The fourth-order valence-electron chi connectivity index (χ4n) is 3.30. The number of hydrogen-bond donors (Lipinski definition) is 1. The molecule has 1 N–H and O–H groups in total. The first-order valence-electron chi connectivity index (χ1n) is 8.39. The summed E-state index contributed by atoms with van der Waals surface area (Å²) in [6.07, 6.45) is 3.46. The fourth-order valence-corrected chi connectivity index (χ4v) is 3.30. The second-order valence-corrected chi connectivity index (χ2v) is 6.24. The summed E-state index contributed by atoms with van der Waals surface area (Å²) in [7, 11) is 1.63. The van der Waals surface area contributed by atoms with Crippen molar-refractivity contribution in [3.63, 3.8) is 0 Å². The largest absolute Gasteiger partial charge is 0.481 e. The number of aromatic amines is 1. The van der Waals surface area contributed by atoms with E-state index in [1.165, 1.54) is 11.3 Å². The summed E-state index contributed by atoms with van der Waals surface area (Å²) in [5.41, 5.74) is 7.13. The molecule has 0 aromatic carbocycles. The molecule has 0 amide bonds. The molecule has 0 radical (unpaired) electrons. The molecule has 0 spiro atoms. The molecule has 0 aliphatic carbocycles. The monoisotopic (exact) mass is 339 g/mol. The maximum atomic E-state index is 5.68. The molecule has 0 saturated carbocycles. The van der Waals surface area contributed by atoms with E-state index in [1.807, 2.05) is 30.7 Å². The molecule has 3 aromatic heterocycles. The number of nitrogens with zero attached hydrogens (tertiary/aromatic N) is 4. The molecule has 0 saturated heterocycles. The predicted molar refractivity (Wildman–Crippen MR) is 93.2 cm³/mol. The van der Waals surface area contributed by atoms with Crippen LogP contribution in [-0.4, -0.2) is 45.3 Å². The normalized spacial score (nSPS) is 14.2. The highest BCUT2D eigenvalue weighted by Crippen LogP contribution is 2.30. The average Bonchev–Trinajstić information content (AvgIpc) is 3.10. The molecule has 130 valence electrons. The minimum absolute atomic E-state index is 0.634. The average molecular weight is 339 g/mol.